The van der Waals surface area contributed by atoms with Gasteiger partial charge in [-0.3, -0.25) is 9.59 Å². The van der Waals surface area contributed by atoms with Gasteiger partial charge in [0.15, 0.2) is 0 Å². The number of aliphatic hydroxyl groups is 1. The average Bonchev–Trinajstić information content (AvgIpc) is 3.36. The SMILES string of the molecule is C=C(C)[C@@H]1CC[C@]2(C(=O)NCc3ccccc3C=O)CC[C@]3(C)[C@H](CC[C@@H]4[C@@]5(C)CC[C@H](O)C(C)(C)[C@@H]5CC[C@]43C)[C@@H]12. The quantitative estimate of drug-likeness (QED) is 0.276. The van der Waals surface area contributed by atoms with Gasteiger partial charge in [-0.1, -0.05) is 71.0 Å². The first-order chi connectivity index (χ1) is 19.8. The average molecular weight is 574 g/mol. The number of benzene rings is 1. The number of hydrogen-bond acceptors (Lipinski definition) is 3. The van der Waals surface area contributed by atoms with Crippen LogP contribution in [-0.2, 0) is 11.3 Å². The van der Waals surface area contributed by atoms with Crippen molar-refractivity contribution in [1.29, 1.82) is 0 Å². The van der Waals surface area contributed by atoms with Gasteiger partial charge in [-0.2, -0.15) is 0 Å². The van der Waals surface area contributed by atoms with Gasteiger partial charge in [-0.15, -0.1) is 0 Å². The molecule has 5 saturated carbocycles. The van der Waals surface area contributed by atoms with Gasteiger partial charge in [0.05, 0.1) is 11.5 Å². The first-order valence-electron chi connectivity index (χ1n) is 16.9. The lowest BCUT2D eigenvalue weighted by molar-refractivity contribution is -0.246. The second-order valence-corrected chi connectivity index (χ2v) is 16.7. The van der Waals surface area contributed by atoms with Gasteiger partial charge in [-0.25, -0.2) is 0 Å². The molecule has 6 rings (SSSR count). The first-order valence-corrected chi connectivity index (χ1v) is 16.9. The molecule has 0 heterocycles. The van der Waals surface area contributed by atoms with Crippen LogP contribution in [0.15, 0.2) is 36.4 Å². The molecule has 0 saturated heterocycles. The van der Waals surface area contributed by atoms with Crippen molar-refractivity contribution in [2.24, 2.45) is 56.7 Å². The maximum Gasteiger partial charge on any atom is 0.226 e. The molecule has 0 radical (unpaired) electrons. The van der Waals surface area contributed by atoms with Crippen molar-refractivity contribution >= 4 is 12.2 Å². The van der Waals surface area contributed by atoms with E-state index in [4.69, 9.17) is 0 Å². The molecule has 0 unspecified atom stereocenters. The summed E-state index contributed by atoms with van der Waals surface area (Å²) in [5.74, 6) is 2.63. The summed E-state index contributed by atoms with van der Waals surface area (Å²) in [6, 6.07) is 7.60. The third-order valence-electron chi connectivity index (χ3n) is 15.1. The molecule has 42 heavy (non-hydrogen) atoms. The van der Waals surface area contributed by atoms with E-state index in [1.165, 1.54) is 31.3 Å². The molecule has 5 aliphatic rings. The lowest BCUT2D eigenvalue weighted by atomic mass is 9.32. The lowest BCUT2D eigenvalue weighted by Crippen LogP contribution is -2.67. The Bertz CT molecular complexity index is 1270. The number of amides is 1. The molecule has 0 spiro atoms. The van der Waals surface area contributed by atoms with E-state index in [1.54, 1.807) is 0 Å². The van der Waals surface area contributed by atoms with E-state index < -0.39 is 0 Å². The first kappa shape index (κ1) is 30.1. The van der Waals surface area contributed by atoms with Crippen LogP contribution in [-0.4, -0.2) is 23.4 Å². The topological polar surface area (TPSA) is 66.4 Å². The zero-order chi connectivity index (χ0) is 30.3. The number of allylic oxidation sites excluding steroid dienone is 1. The zero-order valence-corrected chi connectivity index (χ0v) is 27.1. The Labute approximate surface area is 254 Å². The molecule has 1 amide bonds. The number of fused-ring (bicyclic) bond motifs is 7. The summed E-state index contributed by atoms with van der Waals surface area (Å²) >= 11 is 0. The van der Waals surface area contributed by atoms with E-state index in [0.717, 1.165) is 50.4 Å². The van der Waals surface area contributed by atoms with E-state index in [9.17, 15) is 14.7 Å². The third kappa shape index (κ3) is 3.95. The van der Waals surface area contributed by atoms with Crippen LogP contribution in [0, 0.1) is 56.7 Å². The number of rotatable bonds is 5. The smallest absolute Gasteiger partial charge is 0.226 e. The summed E-state index contributed by atoms with van der Waals surface area (Å²) < 4.78 is 0. The highest BCUT2D eigenvalue weighted by atomic mass is 16.3. The van der Waals surface area contributed by atoms with Gasteiger partial charge in [-0.05, 0) is 128 Å². The van der Waals surface area contributed by atoms with Crippen LogP contribution in [0.25, 0.3) is 0 Å². The molecule has 5 fully saturated rings. The number of hydrogen-bond donors (Lipinski definition) is 2. The van der Waals surface area contributed by atoms with Crippen molar-refractivity contribution in [3.05, 3.63) is 47.5 Å². The second-order valence-electron chi connectivity index (χ2n) is 16.7. The van der Waals surface area contributed by atoms with Crippen molar-refractivity contribution in [2.45, 2.75) is 118 Å². The number of aliphatic hydroxyl groups excluding tert-OH is 1. The van der Waals surface area contributed by atoms with E-state index >= 15 is 0 Å². The maximum absolute atomic E-state index is 14.4. The summed E-state index contributed by atoms with van der Waals surface area (Å²) in [6.07, 6.45) is 11.7. The summed E-state index contributed by atoms with van der Waals surface area (Å²) in [4.78, 5) is 26.0. The fourth-order valence-electron chi connectivity index (χ4n) is 12.7. The third-order valence-corrected chi connectivity index (χ3v) is 15.1. The minimum atomic E-state index is -0.356. The van der Waals surface area contributed by atoms with Crippen LogP contribution in [0.5, 0.6) is 0 Å². The van der Waals surface area contributed by atoms with Gasteiger partial charge >= 0.3 is 0 Å². The molecule has 5 aliphatic carbocycles. The fourth-order valence-corrected chi connectivity index (χ4v) is 12.7. The minimum absolute atomic E-state index is 0.0368. The summed E-state index contributed by atoms with van der Waals surface area (Å²) in [5, 5.41) is 14.4. The monoisotopic (exact) mass is 573 g/mol. The summed E-state index contributed by atoms with van der Waals surface area (Å²) in [6.45, 7) is 19.6. The van der Waals surface area contributed by atoms with Gasteiger partial charge < -0.3 is 10.4 Å². The molecule has 4 heteroatoms. The molecular weight excluding hydrogens is 518 g/mol. The number of carbonyl (C=O) groups is 2. The Morgan fingerprint density at radius 3 is 2.38 bits per heavy atom. The Morgan fingerprint density at radius 1 is 0.929 bits per heavy atom. The van der Waals surface area contributed by atoms with E-state index in [2.05, 4.69) is 53.4 Å². The van der Waals surface area contributed by atoms with Gasteiger partial charge in [0.2, 0.25) is 5.91 Å². The van der Waals surface area contributed by atoms with Crippen LogP contribution in [0.2, 0.25) is 0 Å². The lowest BCUT2D eigenvalue weighted by Gasteiger charge is -2.72. The van der Waals surface area contributed by atoms with Crippen molar-refractivity contribution < 1.29 is 14.7 Å². The van der Waals surface area contributed by atoms with Crippen molar-refractivity contribution in [1.82, 2.24) is 5.32 Å². The van der Waals surface area contributed by atoms with E-state index in [-0.39, 0.29) is 39.1 Å². The molecular formula is C38H55NO3. The molecule has 0 bridgehead atoms. The highest BCUT2D eigenvalue weighted by molar-refractivity contribution is 5.84. The van der Waals surface area contributed by atoms with Crippen molar-refractivity contribution in [3.8, 4) is 0 Å². The van der Waals surface area contributed by atoms with Gasteiger partial charge in [0, 0.05) is 12.1 Å². The predicted octanol–water partition coefficient (Wildman–Crippen LogP) is 8.13. The molecule has 1 aromatic carbocycles. The zero-order valence-electron chi connectivity index (χ0n) is 27.1. The summed E-state index contributed by atoms with van der Waals surface area (Å²) in [5.41, 5.74) is 3.07. The largest absolute Gasteiger partial charge is 0.393 e. The van der Waals surface area contributed by atoms with Gasteiger partial charge in [0.1, 0.15) is 6.29 Å². The second kappa shape index (κ2) is 10.0. The predicted molar refractivity (Wildman–Crippen MR) is 169 cm³/mol. The van der Waals surface area contributed by atoms with Crippen LogP contribution in [0.4, 0.5) is 0 Å². The maximum atomic E-state index is 14.4. The Kier molecular flexibility index (Phi) is 7.20. The van der Waals surface area contributed by atoms with E-state index in [1.807, 2.05) is 24.3 Å². The molecule has 4 nitrogen and oxygen atoms in total. The fraction of sp³-hybridized carbons (Fsp3) is 0.737. The van der Waals surface area contributed by atoms with E-state index in [0.29, 0.717) is 41.7 Å². The number of carbonyl (C=O) groups excluding carboxylic acids is 2. The highest BCUT2D eigenvalue weighted by Crippen LogP contribution is 2.77. The molecule has 10 atom stereocenters. The minimum Gasteiger partial charge on any atom is -0.393 e. The van der Waals surface area contributed by atoms with Crippen LogP contribution >= 0.6 is 0 Å². The standard InChI is InChI=1S/C38H55NO3/c1-24(2)27-14-19-38(33(42)39-22-25-10-8-9-11-26(25)23-40)21-20-36(6)28(32(27)38)12-13-30-35(5)17-16-31(41)34(3,4)29(35)15-18-37(30,36)7/h8-11,23,27-32,41H,1,12-22H2,2-7H3,(H,39,42)/t27-,28+,29-,30+,31-,32+,35-,36+,37+,38-/m0/s1. The Morgan fingerprint density at radius 2 is 1.67 bits per heavy atom. The highest BCUT2D eigenvalue weighted by Gasteiger charge is 2.71. The molecule has 2 N–H and O–H groups in total. The van der Waals surface area contributed by atoms with Crippen LogP contribution in [0.1, 0.15) is 122 Å². The Balaban J connectivity index is 1.33. The molecule has 0 aromatic heterocycles. The normalized spacial score (nSPS) is 45.5. The van der Waals surface area contributed by atoms with Crippen molar-refractivity contribution in [2.75, 3.05) is 0 Å². The number of aldehydes is 1. The molecule has 230 valence electrons. The van der Waals surface area contributed by atoms with Crippen LogP contribution < -0.4 is 5.32 Å². The molecule has 1 aromatic rings. The van der Waals surface area contributed by atoms with Gasteiger partial charge in [0.25, 0.3) is 0 Å². The summed E-state index contributed by atoms with van der Waals surface area (Å²) in [7, 11) is 0. The Hall–Kier alpha value is -1.94. The molecule has 0 aliphatic heterocycles. The van der Waals surface area contributed by atoms with Crippen molar-refractivity contribution in [3.63, 3.8) is 0 Å². The van der Waals surface area contributed by atoms with Crippen LogP contribution in [0.3, 0.4) is 0 Å². The number of nitrogens with one attached hydrogen (secondary N) is 1.